The third-order valence-electron chi connectivity index (χ3n) is 13.9. The summed E-state index contributed by atoms with van der Waals surface area (Å²) >= 11 is 0. The molecule has 0 amide bonds. The topological polar surface area (TPSA) is 16.4 Å². The van der Waals surface area contributed by atoms with Crippen LogP contribution in [0.25, 0.3) is 77.6 Å². The molecule has 0 bridgehead atoms. The highest BCUT2D eigenvalue weighted by atomic mass is 16.3. The van der Waals surface area contributed by atoms with Crippen LogP contribution < -0.4 is 4.90 Å². The van der Waals surface area contributed by atoms with Crippen LogP contribution >= 0.6 is 0 Å². The number of para-hydroxylation sites is 2. The molecule has 0 saturated heterocycles. The molecule has 12 rings (SSSR count). The van der Waals surface area contributed by atoms with Crippen molar-refractivity contribution in [2.45, 2.75) is 38.5 Å². The predicted molar refractivity (Wildman–Crippen MR) is 260 cm³/mol. The molecule has 1 heterocycles. The maximum Gasteiger partial charge on any atom is 0.143 e. The summed E-state index contributed by atoms with van der Waals surface area (Å²) in [5, 5.41) is 2.27. The van der Waals surface area contributed by atoms with Crippen molar-refractivity contribution in [3.05, 3.63) is 222 Å². The highest BCUT2D eigenvalue weighted by molar-refractivity contribution is 6.09. The number of nitrogens with zero attached hydrogens (tertiary/aromatic N) is 1. The SMILES string of the molecule is CC1(C)c2ccccc2-c2cc(-c3ccc(-c4ccc(N(c5cccc(-c6cccc7c6oc6ccccc67)c5)c5ccc6c(c5)C(C)(C)c5ccccc5-6)cc4)cc3)ccc21. The van der Waals surface area contributed by atoms with Crippen molar-refractivity contribution in [1.82, 2.24) is 0 Å². The normalized spacial score (nSPS) is 14.1. The van der Waals surface area contributed by atoms with Gasteiger partial charge in [-0.25, -0.2) is 0 Å². The molecular formula is C60H45NO. The maximum atomic E-state index is 6.52. The van der Waals surface area contributed by atoms with E-state index in [4.69, 9.17) is 4.42 Å². The highest BCUT2D eigenvalue weighted by Crippen LogP contribution is 2.52. The van der Waals surface area contributed by atoms with Gasteiger partial charge in [-0.1, -0.05) is 179 Å². The van der Waals surface area contributed by atoms with Crippen LogP contribution in [0, 0.1) is 0 Å². The van der Waals surface area contributed by atoms with E-state index in [0.717, 1.165) is 50.1 Å². The summed E-state index contributed by atoms with van der Waals surface area (Å²) in [5.74, 6) is 0. The molecule has 0 N–H and O–H groups in total. The standard InChI is InChI=1S/C60H45NO/c1-59(2)54-21-9-6-16-48(54)52-36-41(29-34-55(52)59)40-25-23-38(24-26-40)39-27-30-43(31-28-39)61(45-32-33-49-47-15-5-8-20-53(47)60(3,4)56(49)37-45)44-14-11-13-42(35-44)46-18-12-19-51-50-17-7-10-22-57(50)62-58(46)51/h5-37H,1-4H3. The molecule has 2 aliphatic carbocycles. The zero-order chi connectivity index (χ0) is 41.7. The number of benzene rings is 9. The molecule has 0 radical (unpaired) electrons. The van der Waals surface area contributed by atoms with Crippen LogP contribution in [-0.2, 0) is 10.8 Å². The van der Waals surface area contributed by atoms with Crippen LogP contribution in [0.1, 0.15) is 49.9 Å². The minimum absolute atomic E-state index is 0.00590. The van der Waals surface area contributed by atoms with Gasteiger partial charge in [0, 0.05) is 44.2 Å². The third kappa shape index (κ3) is 5.49. The van der Waals surface area contributed by atoms with E-state index in [-0.39, 0.29) is 10.8 Å². The minimum Gasteiger partial charge on any atom is -0.455 e. The molecule has 0 aliphatic heterocycles. The Balaban J connectivity index is 0.923. The molecule has 0 spiro atoms. The monoisotopic (exact) mass is 795 g/mol. The van der Waals surface area contributed by atoms with Crippen LogP contribution in [0.2, 0.25) is 0 Å². The van der Waals surface area contributed by atoms with Crippen molar-refractivity contribution in [3.8, 4) is 55.6 Å². The van der Waals surface area contributed by atoms with Crippen molar-refractivity contribution in [2.75, 3.05) is 4.90 Å². The Morgan fingerprint density at radius 1 is 0.323 bits per heavy atom. The average molecular weight is 796 g/mol. The van der Waals surface area contributed by atoms with Crippen LogP contribution in [0.15, 0.2) is 205 Å². The predicted octanol–water partition coefficient (Wildman–Crippen LogP) is 16.7. The lowest BCUT2D eigenvalue weighted by Gasteiger charge is -2.28. The molecule has 10 aromatic rings. The van der Waals surface area contributed by atoms with Crippen molar-refractivity contribution in [2.24, 2.45) is 0 Å². The molecular weight excluding hydrogens is 751 g/mol. The summed E-state index contributed by atoms with van der Waals surface area (Å²) in [6, 6.07) is 73.5. The van der Waals surface area contributed by atoms with Gasteiger partial charge in [0.25, 0.3) is 0 Å². The number of rotatable bonds is 6. The van der Waals surface area contributed by atoms with Gasteiger partial charge in [-0.3, -0.25) is 0 Å². The lowest BCUT2D eigenvalue weighted by molar-refractivity contribution is 0.660. The molecule has 1 aromatic heterocycles. The summed E-state index contributed by atoms with van der Waals surface area (Å²) in [6.45, 7) is 9.38. The Hall–Kier alpha value is -7.42. The quantitative estimate of drug-likeness (QED) is 0.167. The van der Waals surface area contributed by atoms with Crippen molar-refractivity contribution in [1.29, 1.82) is 0 Å². The molecule has 2 heteroatoms. The fourth-order valence-electron chi connectivity index (χ4n) is 10.6. The van der Waals surface area contributed by atoms with Gasteiger partial charge in [-0.2, -0.15) is 0 Å². The second-order valence-electron chi connectivity index (χ2n) is 18.1. The molecule has 0 saturated carbocycles. The van der Waals surface area contributed by atoms with Crippen LogP contribution in [-0.4, -0.2) is 0 Å². The third-order valence-corrected chi connectivity index (χ3v) is 13.9. The molecule has 0 atom stereocenters. The maximum absolute atomic E-state index is 6.52. The second kappa shape index (κ2) is 13.5. The summed E-state index contributed by atoms with van der Waals surface area (Å²) in [5.41, 5.74) is 22.9. The minimum atomic E-state index is -0.122. The number of hydrogen-bond donors (Lipinski definition) is 0. The zero-order valence-corrected chi connectivity index (χ0v) is 35.4. The van der Waals surface area contributed by atoms with E-state index in [1.165, 1.54) is 66.8 Å². The first-order chi connectivity index (χ1) is 30.2. The average Bonchev–Trinajstić information content (AvgIpc) is 3.89. The Labute approximate surface area is 363 Å². The van der Waals surface area contributed by atoms with Gasteiger partial charge in [0.2, 0.25) is 0 Å². The van der Waals surface area contributed by atoms with Gasteiger partial charge >= 0.3 is 0 Å². The summed E-state index contributed by atoms with van der Waals surface area (Å²) in [6.07, 6.45) is 0. The van der Waals surface area contributed by atoms with E-state index in [1.54, 1.807) is 0 Å². The van der Waals surface area contributed by atoms with E-state index in [9.17, 15) is 0 Å². The van der Waals surface area contributed by atoms with Crippen molar-refractivity contribution < 1.29 is 4.42 Å². The first-order valence-corrected chi connectivity index (χ1v) is 21.7. The lowest BCUT2D eigenvalue weighted by Crippen LogP contribution is -2.16. The Bertz CT molecular complexity index is 3400. The molecule has 0 unspecified atom stereocenters. The largest absolute Gasteiger partial charge is 0.455 e. The molecule has 0 fully saturated rings. The van der Waals surface area contributed by atoms with Gasteiger partial charge < -0.3 is 9.32 Å². The summed E-state index contributed by atoms with van der Waals surface area (Å²) < 4.78 is 6.52. The van der Waals surface area contributed by atoms with Gasteiger partial charge in [-0.15, -0.1) is 0 Å². The fourth-order valence-corrected chi connectivity index (χ4v) is 10.6. The summed E-state index contributed by atoms with van der Waals surface area (Å²) in [7, 11) is 0. The lowest BCUT2D eigenvalue weighted by atomic mass is 9.82. The Kier molecular flexibility index (Phi) is 7.96. The first kappa shape index (κ1) is 36.4. The molecule has 2 aliphatic rings. The van der Waals surface area contributed by atoms with Crippen LogP contribution in [0.4, 0.5) is 17.1 Å². The number of hydrogen-bond acceptors (Lipinski definition) is 2. The molecule has 9 aromatic carbocycles. The number of fused-ring (bicyclic) bond motifs is 9. The van der Waals surface area contributed by atoms with Gasteiger partial charge in [0.15, 0.2) is 0 Å². The number of anilines is 3. The van der Waals surface area contributed by atoms with Crippen LogP contribution in [0.3, 0.4) is 0 Å². The smallest absolute Gasteiger partial charge is 0.143 e. The fraction of sp³-hybridized carbons (Fsp3) is 0.100. The van der Waals surface area contributed by atoms with Crippen molar-refractivity contribution in [3.63, 3.8) is 0 Å². The van der Waals surface area contributed by atoms with E-state index in [0.29, 0.717) is 0 Å². The highest BCUT2D eigenvalue weighted by Gasteiger charge is 2.36. The van der Waals surface area contributed by atoms with E-state index in [1.807, 2.05) is 6.07 Å². The summed E-state index contributed by atoms with van der Waals surface area (Å²) in [4.78, 5) is 2.40. The van der Waals surface area contributed by atoms with E-state index < -0.39 is 0 Å². The zero-order valence-electron chi connectivity index (χ0n) is 35.4. The number of furan rings is 1. The Morgan fingerprint density at radius 2 is 0.839 bits per heavy atom. The van der Waals surface area contributed by atoms with E-state index in [2.05, 4.69) is 227 Å². The molecule has 2 nitrogen and oxygen atoms in total. The van der Waals surface area contributed by atoms with Gasteiger partial charge in [-0.05, 0) is 121 Å². The Morgan fingerprint density at radius 3 is 1.60 bits per heavy atom. The van der Waals surface area contributed by atoms with Crippen LogP contribution in [0.5, 0.6) is 0 Å². The molecule has 62 heavy (non-hydrogen) atoms. The van der Waals surface area contributed by atoms with Crippen molar-refractivity contribution >= 4 is 39.0 Å². The van der Waals surface area contributed by atoms with Gasteiger partial charge in [0.1, 0.15) is 11.2 Å². The van der Waals surface area contributed by atoms with Gasteiger partial charge in [0.05, 0.1) is 0 Å². The molecule has 296 valence electrons. The van der Waals surface area contributed by atoms with E-state index >= 15 is 0 Å². The first-order valence-electron chi connectivity index (χ1n) is 21.7. The second-order valence-corrected chi connectivity index (χ2v) is 18.1.